The van der Waals surface area contributed by atoms with Gasteiger partial charge in [-0.15, -0.1) is 0 Å². The van der Waals surface area contributed by atoms with Gasteiger partial charge < -0.3 is 24.6 Å². The molecule has 0 aliphatic carbocycles. The molecule has 1 saturated heterocycles. The molecule has 3 atom stereocenters. The number of nitrogens with one attached hydrogen (secondary N) is 1. The van der Waals surface area contributed by atoms with Gasteiger partial charge in [0.1, 0.15) is 36.2 Å². The Hall–Kier alpha value is -3.08. The van der Waals surface area contributed by atoms with Crippen LogP contribution in [0.4, 0.5) is 10.2 Å². The number of hydrogen-bond donors (Lipinski definition) is 2. The second-order valence-electron chi connectivity index (χ2n) is 9.76. The third kappa shape index (κ3) is 6.63. The van der Waals surface area contributed by atoms with E-state index in [-0.39, 0.29) is 12.6 Å². The van der Waals surface area contributed by atoms with E-state index >= 15 is 0 Å². The summed E-state index contributed by atoms with van der Waals surface area (Å²) in [6.07, 6.45) is -1.47. The highest BCUT2D eigenvalue weighted by Gasteiger charge is 2.27. The SMILES string of the molecule is CNCC(O)COc1cccc(-c2nc(-c3c(C)noc3C)cc(N3CCN(CC(C)F)[C@@H](C)C3)n2)c1. The lowest BCUT2D eigenvalue weighted by Gasteiger charge is -2.40. The Morgan fingerprint density at radius 2 is 2.05 bits per heavy atom. The molecule has 3 heterocycles. The summed E-state index contributed by atoms with van der Waals surface area (Å²) in [6, 6.07) is 9.72. The standard InChI is InChI=1S/C27H37FN6O3/c1-17(28)14-33-9-10-34(15-18(33)2)25-12-24(26-19(3)32-37-20(26)4)30-27(31-25)21-7-6-8-23(11-21)36-16-22(35)13-29-5/h6-8,11-12,17-18,22,29,35H,9-10,13-16H2,1-5H3/t17?,18-,22?/m0/s1. The predicted molar refractivity (Wildman–Crippen MR) is 142 cm³/mol. The van der Waals surface area contributed by atoms with Crippen molar-refractivity contribution in [1.29, 1.82) is 0 Å². The van der Waals surface area contributed by atoms with Gasteiger partial charge in [-0.1, -0.05) is 17.3 Å². The van der Waals surface area contributed by atoms with Crippen LogP contribution < -0.4 is 15.0 Å². The van der Waals surface area contributed by atoms with Crippen molar-refractivity contribution in [2.75, 3.05) is 51.3 Å². The van der Waals surface area contributed by atoms with Crippen LogP contribution in [0.5, 0.6) is 5.75 Å². The number of likely N-dealkylation sites (N-methyl/N-ethyl adjacent to an activating group) is 1. The Morgan fingerprint density at radius 3 is 2.73 bits per heavy atom. The zero-order valence-corrected chi connectivity index (χ0v) is 22.2. The number of benzene rings is 1. The zero-order valence-electron chi connectivity index (χ0n) is 22.2. The lowest BCUT2D eigenvalue weighted by Crippen LogP contribution is -2.53. The Bertz CT molecular complexity index is 1170. The summed E-state index contributed by atoms with van der Waals surface area (Å²) in [5.74, 6) is 2.68. The number of aryl methyl sites for hydroxylation is 2. The minimum atomic E-state index is -0.861. The first kappa shape index (κ1) is 27.0. The maximum atomic E-state index is 13.7. The number of aliphatic hydroxyl groups excluding tert-OH is 1. The fourth-order valence-electron chi connectivity index (χ4n) is 4.71. The van der Waals surface area contributed by atoms with Gasteiger partial charge >= 0.3 is 0 Å². The van der Waals surface area contributed by atoms with Gasteiger partial charge in [0.25, 0.3) is 0 Å². The van der Waals surface area contributed by atoms with Gasteiger partial charge in [0.2, 0.25) is 0 Å². The molecule has 3 aromatic rings. The molecule has 9 nitrogen and oxygen atoms in total. The van der Waals surface area contributed by atoms with Crippen LogP contribution in [0.1, 0.15) is 25.3 Å². The molecule has 1 aliphatic rings. The Labute approximate surface area is 217 Å². The molecular formula is C27H37FN6O3. The summed E-state index contributed by atoms with van der Waals surface area (Å²) in [5.41, 5.74) is 3.15. The molecule has 2 N–H and O–H groups in total. The average molecular weight is 513 g/mol. The van der Waals surface area contributed by atoms with Crippen molar-refractivity contribution in [1.82, 2.24) is 25.3 Å². The highest BCUT2D eigenvalue weighted by Crippen LogP contribution is 2.32. The van der Waals surface area contributed by atoms with E-state index in [4.69, 9.17) is 19.2 Å². The Morgan fingerprint density at radius 1 is 1.24 bits per heavy atom. The fourth-order valence-corrected chi connectivity index (χ4v) is 4.71. The second kappa shape index (κ2) is 12.0. The summed E-state index contributed by atoms with van der Waals surface area (Å²) < 4.78 is 24.9. The van der Waals surface area contributed by atoms with E-state index in [0.29, 0.717) is 30.4 Å². The van der Waals surface area contributed by atoms with Crippen molar-refractivity contribution in [2.45, 2.75) is 46.0 Å². The normalized spacial score (nSPS) is 18.1. The first-order valence-corrected chi connectivity index (χ1v) is 12.8. The van der Waals surface area contributed by atoms with Crippen molar-refractivity contribution in [3.05, 3.63) is 41.8 Å². The quantitative estimate of drug-likeness (QED) is 0.424. The summed E-state index contributed by atoms with van der Waals surface area (Å²) in [5, 5.41) is 17.1. The van der Waals surface area contributed by atoms with Crippen LogP contribution in [0.2, 0.25) is 0 Å². The van der Waals surface area contributed by atoms with Crippen LogP contribution in [0.15, 0.2) is 34.9 Å². The van der Waals surface area contributed by atoms with Gasteiger partial charge in [0.15, 0.2) is 5.82 Å². The number of aliphatic hydroxyl groups is 1. The van der Waals surface area contributed by atoms with Gasteiger partial charge in [0, 0.05) is 50.4 Å². The number of ether oxygens (including phenoxy) is 1. The van der Waals surface area contributed by atoms with Crippen molar-refractivity contribution in [2.24, 2.45) is 0 Å². The Balaban J connectivity index is 1.67. The monoisotopic (exact) mass is 512 g/mol. The fraction of sp³-hybridized carbons (Fsp3) is 0.519. The largest absolute Gasteiger partial charge is 0.491 e. The lowest BCUT2D eigenvalue weighted by atomic mass is 10.1. The highest BCUT2D eigenvalue weighted by atomic mass is 19.1. The minimum absolute atomic E-state index is 0.176. The van der Waals surface area contributed by atoms with E-state index in [2.05, 4.69) is 27.2 Å². The number of anilines is 1. The predicted octanol–water partition coefficient (Wildman–Crippen LogP) is 3.24. The summed E-state index contributed by atoms with van der Waals surface area (Å²) in [7, 11) is 1.78. The van der Waals surface area contributed by atoms with Gasteiger partial charge in [-0.05, 0) is 46.9 Å². The van der Waals surface area contributed by atoms with Crippen molar-refractivity contribution in [3.63, 3.8) is 0 Å². The van der Waals surface area contributed by atoms with E-state index in [1.165, 1.54) is 0 Å². The maximum Gasteiger partial charge on any atom is 0.162 e. The van der Waals surface area contributed by atoms with Gasteiger partial charge in [0.05, 0.1) is 17.0 Å². The van der Waals surface area contributed by atoms with E-state index in [9.17, 15) is 9.50 Å². The number of halogens is 1. The molecule has 0 radical (unpaired) electrons. The molecule has 2 aromatic heterocycles. The van der Waals surface area contributed by atoms with Crippen molar-refractivity contribution < 1.29 is 18.8 Å². The molecular weight excluding hydrogens is 475 g/mol. The van der Waals surface area contributed by atoms with Gasteiger partial charge in [-0.25, -0.2) is 14.4 Å². The highest BCUT2D eigenvalue weighted by molar-refractivity contribution is 5.71. The topological polar surface area (TPSA) is 99.8 Å². The molecule has 37 heavy (non-hydrogen) atoms. The van der Waals surface area contributed by atoms with Gasteiger partial charge in [-0.2, -0.15) is 0 Å². The van der Waals surface area contributed by atoms with E-state index in [0.717, 1.165) is 48.0 Å². The number of piperazine rings is 1. The number of nitrogens with zero attached hydrogens (tertiary/aromatic N) is 5. The molecule has 0 amide bonds. The molecule has 0 saturated carbocycles. The zero-order chi connectivity index (χ0) is 26.5. The van der Waals surface area contributed by atoms with Gasteiger partial charge in [-0.3, -0.25) is 4.90 Å². The summed E-state index contributed by atoms with van der Waals surface area (Å²) in [4.78, 5) is 14.2. The third-order valence-electron chi connectivity index (χ3n) is 6.55. The van der Waals surface area contributed by atoms with Crippen LogP contribution in [-0.2, 0) is 0 Å². The number of alkyl halides is 1. The molecule has 10 heteroatoms. The average Bonchev–Trinajstić information content (AvgIpc) is 3.21. The molecule has 1 aromatic carbocycles. The number of aromatic nitrogens is 3. The smallest absolute Gasteiger partial charge is 0.162 e. The molecule has 4 rings (SSSR count). The molecule has 200 valence electrons. The minimum Gasteiger partial charge on any atom is -0.491 e. The maximum absolute atomic E-state index is 13.7. The van der Waals surface area contributed by atoms with Crippen LogP contribution in [-0.4, -0.2) is 89.8 Å². The number of rotatable bonds is 10. The van der Waals surface area contributed by atoms with E-state index in [1.807, 2.05) is 44.2 Å². The van der Waals surface area contributed by atoms with Crippen LogP contribution in [0.3, 0.4) is 0 Å². The van der Waals surface area contributed by atoms with E-state index in [1.54, 1.807) is 14.0 Å². The molecule has 1 fully saturated rings. The first-order valence-electron chi connectivity index (χ1n) is 12.8. The molecule has 0 bridgehead atoms. The van der Waals surface area contributed by atoms with Crippen molar-refractivity contribution >= 4 is 5.82 Å². The summed E-state index contributed by atoms with van der Waals surface area (Å²) in [6.45, 7) is 10.8. The van der Waals surface area contributed by atoms with Crippen molar-refractivity contribution in [3.8, 4) is 28.4 Å². The second-order valence-corrected chi connectivity index (χ2v) is 9.76. The summed E-state index contributed by atoms with van der Waals surface area (Å²) >= 11 is 0. The number of hydrogen-bond acceptors (Lipinski definition) is 9. The molecule has 2 unspecified atom stereocenters. The Kier molecular flexibility index (Phi) is 8.73. The molecule has 0 spiro atoms. The van der Waals surface area contributed by atoms with Crippen LogP contribution in [0.25, 0.3) is 22.6 Å². The third-order valence-corrected chi connectivity index (χ3v) is 6.55. The van der Waals surface area contributed by atoms with Crippen LogP contribution in [0, 0.1) is 13.8 Å². The lowest BCUT2D eigenvalue weighted by molar-refractivity contribution is 0.108. The first-order chi connectivity index (χ1) is 17.7. The van der Waals surface area contributed by atoms with Crippen LogP contribution >= 0.6 is 0 Å². The molecule has 1 aliphatic heterocycles. The van der Waals surface area contributed by atoms with E-state index < -0.39 is 12.3 Å².